The van der Waals surface area contributed by atoms with E-state index in [-0.39, 0.29) is 11.8 Å². The van der Waals surface area contributed by atoms with Crippen molar-refractivity contribution in [2.45, 2.75) is 44.9 Å². The molecule has 2 fully saturated rings. The van der Waals surface area contributed by atoms with Crippen molar-refractivity contribution in [1.29, 1.82) is 0 Å². The number of nitrogens with one attached hydrogen (secondary N) is 1. The van der Waals surface area contributed by atoms with Crippen molar-refractivity contribution in [3.63, 3.8) is 0 Å². The minimum atomic E-state index is -0.216. The topological polar surface area (TPSA) is 61.8 Å². The van der Waals surface area contributed by atoms with E-state index >= 15 is 0 Å². The maximum Gasteiger partial charge on any atom is 0.271 e. The highest BCUT2D eigenvalue weighted by Crippen LogP contribution is 2.22. The third-order valence-corrected chi connectivity index (χ3v) is 4.24. The Balaban J connectivity index is 1.68. The first kappa shape index (κ1) is 14.8. The fraction of sp³-hybridized carbons (Fsp3) is 0.471. The molecule has 2 amide bonds. The van der Waals surface area contributed by atoms with E-state index in [1.165, 1.54) is 6.42 Å². The van der Waals surface area contributed by atoms with Crippen LogP contribution in [-0.4, -0.2) is 24.1 Å². The lowest BCUT2D eigenvalue weighted by molar-refractivity contribution is -0.117. The van der Waals surface area contributed by atoms with Gasteiger partial charge in [-0.2, -0.15) is 5.10 Å². The Labute approximate surface area is 130 Å². The standard InChI is InChI=1S/C17H21N3O2/c21-16-10-5-11-20(16)15-9-4-6-13(12-15)17(22)19-18-14-7-2-1-3-8-14/h4,6,9,12H,1-3,5,7-8,10-11H2,(H,19,22). The van der Waals surface area contributed by atoms with Crippen molar-refractivity contribution in [3.8, 4) is 0 Å². The van der Waals surface area contributed by atoms with Gasteiger partial charge in [-0.3, -0.25) is 9.59 Å². The first-order valence-corrected chi connectivity index (χ1v) is 8.00. The lowest BCUT2D eigenvalue weighted by atomic mass is 9.99. The van der Waals surface area contributed by atoms with Gasteiger partial charge in [0.15, 0.2) is 0 Å². The van der Waals surface area contributed by atoms with Crippen LogP contribution in [-0.2, 0) is 4.79 Å². The van der Waals surface area contributed by atoms with Crippen LogP contribution in [0.1, 0.15) is 55.3 Å². The summed E-state index contributed by atoms with van der Waals surface area (Å²) in [5.41, 5.74) is 5.05. The number of amides is 2. The highest BCUT2D eigenvalue weighted by atomic mass is 16.2. The zero-order valence-electron chi connectivity index (χ0n) is 12.7. The molecule has 1 aromatic rings. The van der Waals surface area contributed by atoms with Crippen LogP contribution in [0.3, 0.4) is 0 Å². The molecule has 1 N–H and O–H groups in total. The SMILES string of the molecule is O=C(NN=C1CCCCC1)c1cccc(N2CCCC2=O)c1. The fourth-order valence-corrected chi connectivity index (χ4v) is 3.00. The lowest BCUT2D eigenvalue weighted by Crippen LogP contribution is -2.25. The zero-order valence-corrected chi connectivity index (χ0v) is 12.7. The second kappa shape index (κ2) is 6.73. The Kier molecular flexibility index (Phi) is 4.51. The quantitative estimate of drug-likeness (QED) is 0.872. The molecule has 0 aromatic heterocycles. The molecular weight excluding hydrogens is 278 g/mol. The van der Waals surface area contributed by atoms with Crippen LogP contribution in [0.4, 0.5) is 5.69 Å². The van der Waals surface area contributed by atoms with Crippen LogP contribution in [0.5, 0.6) is 0 Å². The van der Waals surface area contributed by atoms with Crippen molar-refractivity contribution < 1.29 is 9.59 Å². The Bertz CT molecular complexity index is 602. The number of carbonyl (C=O) groups excluding carboxylic acids is 2. The number of nitrogens with zero attached hydrogens (tertiary/aromatic N) is 2. The van der Waals surface area contributed by atoms with Crippen LogP contribution >= 0.6 is 0 Å². The molecule has 5 heteroatoms. The number of hydrazone groups is 1. The normalized spacial score (nSPS) is 18.5. The number of hydrogen-bond acceptors (Lipinski definition) is 3. The molecule has 0 spiro atoms. The van der Waals surface area contributed by atoms with Crippen LogP contribution in [0.25, 0.3) is 0 Å². The minimum absolute atomic E-state index is 0.125. The van der Waals surface area contributed by atoms with E-state index in [9.17, 15) is 9.59 Å². The summed E-state index contributed by atoms with van der Waals surface area (Å²) in [6.07, 6.45) is 6.97. The first-order valence-electron chi connectivity index (χ1n) is 8.00. The smallest absolute Gasteiger partial charge is 0.271 e. The molecule has 116 valence electrons. The van der Waals surface area contributed by atoms with E-state index in [4.69, 9.17) is 0 Å². The summed E-state index contributed by atoms with van der Waals surface area (Å²) in [6.45, 7) is 0.728. The predicted molar refractivity (Wildman–Crippen MR) is 86.0 cm³/mol. The Morgan fingerprint density at radius 3 is 2.64 bits per heavy atom. The molecule has 1 saturated carbocycles. The van der Waals surface area contributed by atoms with Crippen LogP contribution in [0, 0.1) is 0 Å². The highest BCUT2D eigenvalue weighted by molar-refractivity contribution is 5.99. The fourth-order valence-electron chi connectivity index (χ4n) is 3.00. The van der Waals surface area contributed by atoms with Crippen LogP contribution in [0.2, 0.25) is 0 Å². The molecule has 3 rings (SSSR count). The van der Waals surface area contributed by atoms with Gasteiger partial charge in [-0.25, -0.2) is 5.43 Å². The van der Waals surface area contributed by atoms with E-state index in [1.807, 2.05) is 12.1 Å². The summed E-state index contributed by atoms with van der Waals surface area (Å²) in [4.78, 5) is 25.7. The summed E-state index contributed by atoms with van der Waals surface area (Å²) in [7, 11) is 0. The molecule has 1 aliphatic heterocycles. The maximum absolute atomic E-state index is 12.2. The lowest BCUT2D eigenvalue weighted by Gasteiger charge is -2.16. The van der Waals surface area contributed by atoms with Gasteiger partial charge in [-0.1, -0.05) is 12.5 Å². The molecule has 22 heavy (non-hydrogen) atoms. The van der Waals surface area contributed by atoms with Crippen molar-refractivity contribution in [2.24, 2.45) is 5.10 Å². The van der Waals surface area contributed by atoms with Gasteiger partial charge in [0.2, 0.25) is 5.91 Å². The molecule has 1 aliphatic carbocycles. The van der Waals surface area contributed by atoms with Gasteiger partial charge < -0.3 is 4.90 Å². The molecule has 0 atom stereocenters. The number of benzene rings is 1. The second-order valence-electron chi connectivity index (χ2n) is 5.88. The van der Waals surface area contributed by atoms with Gasteiger partial charge in [0.25, 0.3) is 5.91 Å². The molecule has 1 saturated heterocycles. The molecule has 1 aromatic carbocycles. The Morgan fingerprint density at radius 2 is 1.91 bits per heavy atom. The first-order chi connectivity index (χ1) is 10.7. The summed E-state index contributed by atoms with van der Waals surface area (Å²) in [5.74, 6) is -0.0911. The van der Waals surface area contributed by atoms with Gasteiger partial charge in [-0.15, -0.1) is 0 Å². The number of carbonyl (C=O) groups is 2. The van der Waals surface area contributed by atoms with Crippen molar-refractivity contribution in [1.82, 2.24) is 5.43 Å². The molecule has 1 heterocycles. The summed E-state index contributed by atoms with van der Waals surface area (Å²) in [6, 6.07) is 7.19. The number of hydrogen-bond donors (Lipinski definition) is 1. The molecule has 0 bridgehead atoms. The average molecular weight is 299 g/mol. The van der Waals surface area contributed by atoms with Gasteiger partial charge in [-0.05, 0) is 50.3 Å². The third-order valence-electron chi connectivity index (χ3n) is 4.24. The van der Waals surface area contributed by atoms with Gasteiger partial charge in [0.05, 0.1) is 0 Å². The summed E-state index contributed by atoms with van der Waals surface area (Å²) in [5, 5.41) is 4.24. The van der Waals surface area contributed by atoms with E-state index in [1.54, 1.807) is 17.0 Å². The van der Waals surface area contributed by atoms with E-state index in [0.29, 0.717) is 12.0 Å². The van der Waals surface area contributed by atoms with Crippen LogP contribution < -0.4 is 10.3 Å². The number of anilines is 1. The molecular formula is C17H21N3O2. The zero-order chi connectivity index (χ0) is 15.4. The maximum atomic E-state index is 12.2. The summed E-state index contributed by atoms with van der Waals surface area (Å²) < 4.78 is 0. The Morgan fingerprint density at radius 1 is 1.09 bits per heavy atom. The minimum Gasteiger partial charge on any atom is -0.312 e. The van der Waals surface area contributed by atoms with E-state index in [0.717, 1.165) is 50.0 Å². The van der Waals surface area contributed by atoms with Gasteiger partial charge in [0, 0.05) is 29.9 Å². The highest BCUT2D eigenvalue weighted by Gasteiger charge is 2.22. The monoisotopic (exact) mass is 299 g/mol. The average Bonchev–Trinajstić information content (AvgIpc) is 3.00. The van der Waals surface area contributed by atoms with Crippen molar-refractivity contribution in [2.75, 3.05) is 11.4 Å². The predicted octanol–water partition coefficient (Wildman–Crippen LogP) is 2.86. The largest absolute Gasteiger partial charge is 0.312 e. The molecule has 2 aliphatic rings. The van der Waals surface area contributed by atoms with E-state index in [2.05, 4.69) is 10.5 Å². The number of rotatable bonds is 3. The van der Waals surface area contributed by atoms with E-state index < -0.39 is 0 Å². The van der Waals surface area contributed by atoms with Crippen molar-refractivity contribution in [3.05, 3.63) is 29.8 Å². The van der Waals surface area contributed by atoms with Gasteiger partial charge >= 0.3 is 0 Å². The second-order valence-corrected chi connectivity index (χ2v) is 5.88. The summed E-state index contributed by atoms with van der Waals surface area (Å²) >= 11 is 0. The van der Waals surface area contributed by atoms with Crippen LogP contribution in [0.15, 0.2) is 29.4 Å². The third kappa shape index (κ3) is 3.35. The van der Waals surface area contributed by atoms with Gasteiger partial charge in [0.1, 0.15) is 0 Å². The molecule has 5 nitrogen and oxygen atoms in total. The Hall–Kier alpha value is -2.17. The molecule has 0 unspecified atom stereocenters. The molecule has 0 radical (unpaired) electrons. The van der Waals surface area contributed by atoms with Crippen molar-refractivity contribution >= 4 is 23.2 Å².